The van der Waals surface area contributed by atoms with Crippen LogP contribution in [0, 0.1) is 0 Å². The average Bonchev–Trinajstić information content (AvgIpc) is 2.85. The Morgan fingerprint density at radius 2 is 2.21 bits per heavy atom. The van der Waals surface area contributed by atoms with Crippen molar-refractivity contribution in [2.45, 2.75) is 38.0 Å². The van der Waals surface area contributed by atoms with Gasteiger partial charge < -0.3 is 15.6 Å². The van der Waals surface area contributed by atoms with Gasteiger partial charge in [0.25, 0.3) is 0 Å². The summed E-state index contributed by atoms with van der Waals surface area (Å²) in [6.45, 7) is 3.67. The van der Waals surface area contributed by atoms with Crippen molar-refractivity contribution in [1.82, 2.24) is 4.90 Å². The van der Waals surface area contributed by atoms with Gasteiger partial charge in [-0.05, 0) is 18.9 Å². The number of aliphatic hydroxyl groups is 1. The van der Waals surface area contributed by atoms with Crippen LogP contribution in [-0.2, 0) is 0 Å². The van der Waals surface area contributed by atoms with Gasteiger partial charge in [0.2, 0.25) is 0 Å². The number of para-hydroxylation sites is 1. The van der Waals surface area contributed by atoms with E-state index >= 15 is 0 Å². The fourth-order valence-electron chi connectivity index (χ4n) is 2.85. The third-order valence-corrected chi connectivity index (χ3v) is 3.92. The highest BCUT2D eigenvalue weighted by atomic mass is 16.5. The van der Waals surface area contributed by atoms with E-state index < -0.39 is 0 Å². The first-order valence-electron chi connectivity index (χ1n) is 6.98. The first-order valence-corrected chi connectivity index (χ1v) is 6.98. The number of ether oxygens (including phenoxy) is 1. The Hall–Kier alpha value is -1.10. The zero-order valence-electron chi connectivity index (χ0n) is 11.7. The number of likely N-dealkylation sites (tertiary alicyclic amines) is 1. The first-order chi connectivity index (χ1) is 9.17. The summed E-state index contributed by atoms with van der Waals surface area (Å²) >= 11 is 0. The molecular weight excluding hydrogens is 240 g/mol. The lowest BCUT2D eigenvalue weighted by atomic mass is 9.95. The first kappa shape index (κ1) is 14.3. The summed E-state index contributed by atoms with van der Waals surface area (Å²) in [6, 6.07) is 8.18. The van der Waals surface area contributed by atoms with Crippen LogP contribution in [0.2, 0.25) is 0 Å². The summed E-state index contributed by atoms with van der Waals surface area (Å²) in [5, 5.41) is 9.76. The molecule has 0 bridgehead atoms. The summed E-state index contributed by atoms with van der Waals surface area (Å²) < 4.78 is 5.46. The molecule has 1 aliphatic rings. The van der Waals surface area contributed by atoms with Crippen molar-refractivity contribution >= 4 is 0 Å². The average molecular weight is 264 g/mol. The van der Waals surface area contributed by atoms with Gasteiger partial charge in [0.15, 0.2) is 0 Å². The van der Waals surface area contributed by atoms with E-state index in [1.165, 1.54) is 0 Å². The normalized spacial score (nSPS) is 23.3. The van der Waals surface area contributed by atoms with Gasteiger partial charge in [-0.1, -0.05) is 25.1 Å². The van der Waals surface area contributed by atoms with Crippen LogP contribution in [0.5, 0.6) is 5.75 Å². The van der Waals surface area contributed by atoms with Crippen molar-refractivity contribution in [3.8, 4) is 5.75 Å². The highest BCUT2D eigenvalue weighted by Gasteiger charge is 2.32. The van der Waals surface area contributed by atoms with Crippen LogP contribution >= 0.6 is 0 Å². The third-order valence-electron chi connectivity index (χ3n) is 3.92. The van der Waals surface area contributed by atoms with Crippen LogP contribution in [0.25, 0.3) is 0 Å². The fraction of sp³-hybridized carbons (Fsp3) is 0.600. The van der Waals surface area contributed by atoms with E-state index in [1.807, 2.05) is 18.2 Å². The minimum Gasteiger partial charge on any atom is -0.496 e. The highest BCUT2D eigenvalue weighted by Crippen LogP contribution is 2.34. The second-order valence-electron chi connectivity index (χ2n) is 5.20. The number of hydrogen-bond donors (Lipinski definition) is 2. The number of methoxy groups -OCH3 is 1. The van der Waals surface area contributed by atoms with E-state index in [4.69, 9.17) is 10.5 Å². The summed E-state index contributed by atoms with van der Waals surface area (Å²) in [5.41, 5.74) is 7.44. The monoisotopic (exact) mass is 264 g/mol. The van der Waals surface area contributed by atoms with Gasteiger partial charge in [0, 0.05) is 24.7 Å². The molecule has 2 rings (SSSR count). The molecule has 4 heteroatoms. The lowest BCUT2D eigenvalue weighted by Gasteiger charge is -2.33. The molecule has 0 radical (unpaired) electrons. The maximum atomic E-state index is 9.76. The van der Waals surface area contributed by atoms with Gasteiger partial charge >= 0.3 is 0 Å². The minimum absolute atomic E-state index is 0.0431. The quantitative estimate of drug-likeness (QED) is 0.847. The number of aliphatic hydroxyl groups excluding tert-OH is 1. The molecule has 1 saturated heterocycles. The molecule has 1 aromatic rings. The summed E-state index contributed by atoms with van der Waals surface area (Å²) in [6.07, 6.45) is 1.48. The number of hydrogen-bond acceptors (Lipinski definition) is 4. The zero-order valence-corrected chi connectivity index (χ0v) is 11.7. The van der Waals surface area contributed by atoms with Crippen LogP contribution < -0.4 is 10.5 Å². The number of benzene rings is 1. The van der Waals surface area contributed by atoms with Gasteiger partial charge in [-0.25, -0.2) is 0 Å². The molecule has 0 saturated carbocycles. The van der Waals surface area contributed by atoms with Crippen molar-refractivity contribution in [3.63, 3.8) is 0 Å². The van der Waals surface area contributed by atoms with E-state index in [-0.39, 0.29) is 18.2 Å². The summed E-state index contributed by atoms with van der Waals surface area (Å²) in [5.74, 6) is 0.873. The predicted molar refractivity (Wildman–Crippen MR) is 76.2 cm³/mol. The van der Waals surface area contributed by atoms with E-state index in [0.29, 0.717) is 6.54 Å². The molecule has 3 unspecified atom stereocenters. The van der Waals surface area contributed by atoms with Gasteiger partial charge in [-0.3, -0.25) is 4.90 Å². The number of nitrogens with zero attached hydrogens (tertiary/aromatic N) is 1. The Labute approximate surface area is 115 Å². The van der Waals surface area contributed by atoms with Crippen LogP contribution in [0.4, 0.5) is 0 Å². The molecule has 3 atom stereocenters. The largest absolute Gasteiger partial charge is 0.496 e. The van der Waals surface area contributed by atoms with Crippen molar-refractivity contribution in [3.05, 3.63) is 29.8 Å². The Balaban J connectivity index is 2.31. The SMILES string of the molecule is CCC(N)C(c1ccccc1OC)N1CCC(O)C1. The molecule has 1 fully saturated rings. The van der Waals surface area contributed by atoms with E-state index in [9.17, 15) is 5.11 Å². The number of rotatable bonds is 5. The van der Waals surface area contributed by atoms with E-state index in [0.717, 1.165) is 30.7 Å². The van der Waals surface area contributed by atoms with Crippen molar-refractivity contribution < 1.29 is 9.84 Å². The van der Waals surface area contributed by atoms with Crippen LogP contribution in [0.1, 0.15) is 31.4 Å². The second-order valence-corrected chi connectivity index (χ2v) is 5.20. The molecular formula is C15H24N2O2. The molecule has 4 nitrogen and oxygen atoms in total. The summed E-state index contributed by atoms with van der Waals surface area (Å²) in [4.78, 5) is 2.27. The number of nitrogens with two attached hydrogens (primary N) is 1. The molecule has 3 N–H and O–H groups in total. The Bertz CT molecular complexity index is 411. The van der Waals surface area contributed by atoms with Crippen molar-refractivity contribution in [2.24, 2.45) is 5.73 Å². The van der Waals surface area contributed by atoms with Gasteiger partial charge in [0.05, 0.1) is 19.3 Å². The number of β-amino-alcohol motifs (C(OH)–C–C–N with tert-alkyl or cyclic N) is 1. The third kappa shape index (κ3) is 3.08. The molecule has 1 heterocycles. The predicted octanol–water partition coefficient (Wildman–Crippen LogP) is 1.54. The van der Waals surface area contributed by atoms with Gasteiger partial charge in [-0.15, -0.1) is 0 Å². The van der Waals surface area contributed by atoms with Crippen molar-refractivity contribution in [2.75, 3.05) is 20.2 Å². The maximum absolute atomic E-state index is 9.76. The molecule has 0 amide bonds. The molecule has 0 aromatic heterocycles. The highest BCUT2D eigenvalue weighted by molar-refractivity contribution is 5.37. The molecule has 19 heavy (non-hydrogen) atoms. The lowest BCUT2D eigenvalue weighted by molar-refractivity contribution is 0.147. The van der Waals surface area contributed by atoms with Crippen LogP contribution in [-0.4, -0.2) is 42.4 Å². The minimum atomic E-state index is -0.235. The second kappa shape index (κ2) is 6.37. The van der Waals surface area contributed by atoms with E-state index in [2.05, 4.69) is 17.9 Å². The van der Waals surface area contributed by atoms with Crippen LogP contribution in [0.3, 0.4) is 0 Å². The topological polar surface area (TPSA) is 58.7 Å². The van der Waals surface area contributed by atoms with Crippen LogP contribution in [0.15, 0.2) is 24.3 Å². The van der Waals surface area contributed by atoms with Crippen molar-refractivity contribution in [1.29, 1.82) is 0 Å². The Kier molecular flexibility index (Phi) is 4.80. The molecule has 0 spiro atoms. The standard InChI is InChI=1S/C15H24N2O2/c1-3-13(16)15(17-9-8-11(18)10-17)12-6-4-5-7-14(12)19-2/h4-7,11,13,15,18H,3,8-10,16H2,1-2H3. The maximum Gasteiger partial charge on any atom is 0.123 e. The molecule has 106 valence electrons. The Morgan fingerprint density at radius 1 is 1.47 bits per heavy atom. The lowest BCUT2D eigenvalue weighted by Crippen LogP contribution is -2.40. The zero-order chi connectivity index (χ0) is 13.8. The molecule has 0 aliphatic carbocycles. The van der Waals surface area contributed by atoms with E-state index in [1.54, 1.807) is 7.11 Å². The van der Waals surface area contributed by atoms with Gasteiger partial charge in [-0.2, -0.15) is 0 Å². The summed E-state index contributed by atoms with van der Waals surface area (Å²) in [7, 11) is 1.69. The molecule has 1 aromatic carbocycles. The fourth-order valence-corrected chi connectivity index (χ4v) is 2.85. The van der Waals surface area contributed by atoms with Gasteiger partial charge in [0.1, 0.15) is 5.75 Å². The molecule has 1 aliphatic heterocycles. The Morgan fingerprint density at radius 3 is 2.79 bits per heavy atom. The smallest absolute Gasteiger partial charge is 0.123 e.